The highest BCUT2D eigenvalue weighted by Crippen LogP contribution is 2.31. The van der Waals surface area contributed by atoms with Crippen molar-refractivity contribution in [3.8, 4) is 11.3 Å². The van der Waals surface area contributed by atoms with Gasteiger partial charge in [-0.2, -0.15) is 0 Å². The Morgan fingerprint density at radius 1 is 1.19 bits per heavy atom. The first-order valence-corrected chi connectivity index (χ1v) is 11.5. The molecule has 5 rings (SSSR count). The van der Waals surface area contributed by atoms with Gasteiger partial charge < -0.3 is 9.30 Å². The molecule has 0 saturated carbocycles. The van der Waals surface area contributed by atoms with E-state index in [1.54, 1.807) is 0 Å². The number of carbonyl (C=O) groups is 1. The van der Waals surface area contributed by atoms with Crippen LogP contribution in [-0.2, 0) is 11.3 Å². The first-order chi connectivity index (χ1) is 15.1. The zero-order chi connectivity index (χ0) is 21.4. The average Bonchev–Trinajstić information content (AvgIpc) is 3.52. The van der Waals surface area contributed by atoms with Gasteiger partial charge in [-0.1, -0.05) is 30.3 Å². The summed E-state index contributed by atoms with van der Waals surface area (Å²) in [5, 5.41) is 7.74. The van der Waals surface area contributed by atoms with Gasteiger partial charge in [0.1, 0.15) is 0 Å². The summed E-state index contributed by atoms with van der Waals surface area (Å²) in [5.74, 6) is -0.143. The summed E-state index contributed by atoms with van der Waals surface area (Å²) < 4.78 is 8.13. The minimum Gasteiger partial charge on any atom is -0.376 e. The Bertz CT molecular complexity index is 1250. The molecule has 2 aromatic heterocycles. The zero-order valence-electron chi connectivity index (χ0n) is 17.7. The van der Waals surface area contributed by atoms with E-state index in [0.29, 0.717) is 16.8 Å². The monoisotopic (exact) mass is 431 g/mol. The van der Waals surface area contributed by atoms with Gasteiger partial charge in [0, 0.05) is 41.0 Å². The molecular weight excluding hydrogens is 406 g/mol. The van der Waals surface area contributed by atoms with Crippen molar-refractivity contribution in [1.29, 1.82) is 0 Å². The molecule has 1 N–H and O–H groups in total. The third kappa shape index (κ3) is 4.01. The molecule has 1 aliphatic heterocycles. The molecule has 1 atom stereocenters. The summed E-state index contributed by atoms with van der Waals surface area (Å²) in [6, 6.07) is 15.9. The Morgan fingerprint density at radius 3 is 2.84 bits per heavy atom. The maximum atomic E-state index is 12.8. The Hall–Kier alpha value is -2.96. The maximum Gasteiger partial charge on any atom is 0.257 e. The summed E-state index contributed by atoms with van der Waals surface area (Å²) in [6.07, 6.45) is 2.56. The van der Waals surface area contributed by atoms with Crippen LogP contribution in [-0.4, -0.2) is 28.2 Å². The fourth-order valence-electron chi connectivity index (χ4n) is 4.29. The summed E-state index contributed by atoms with van der Waals surface area (Å²) in [7, 11) is 0. The molecule has 158 valence electrons. The standard InChI is InChI=1S/C25H25N3O2S/c1-16-12-22(17(2)28(16)14-21-8-5-11-30-21)23-15-31-25(26-23)27-24(29)20-10-9-18-6-3-4-7-19(18)13-20/h3-4,6-7,9-10,12-13,15,21H,5,8,11,14H2,1-2H3,(H,26,27,29)/t21-/m1/s1. The molecule has 0 aliphatic carbocycles. The Morgan fingerprint density at radius 2 is 2.03 bits per heavy atom. The van der Waals surface area contributed by atoms with Crippen molar-refractivity contribution in [2.24, 2.45) is 0 Å². The average molecular weight is 432 g/mol. The molecule has 0 radical (unpaired) electrons. The number of nitrogens with zero attached hydrogens (tertiary/aromatic N) is 2. The summed E-state index contributed by atoms with van der Waals surface area (Å²) in [5.41, 5.74) is 5.03. The van der Waals surface area contributed by atoms with Gasteiger partial charge in [-0.05, 0) is 55.7 Å². The lowest BCUT2D eigenvalue weighted by molar-refractivity contribution is 0.0962. The zero-order valence-corrected chi connectivity index (χ0v) is 18.5. The quantitative estimate of drug-likeness (QED) is 0.434. The Labute approximate surface area is 185 Å². The number of hydrogen-bond acceptors (Lipinski definition) is 4. The molecule has 1 aliphatic rings. The molecule has 2 aromatic carbocycles. The molecule has 6 heteroatoms. The molecule has 1 amide bonds. The van der Waals surface area contributed by atoms with E-state index in [1.165, 1.54) is 22.7 Å². The summed E-state index contributed by atoms with van der Waals surface area (Å²) >= 11 is 1.45. The van der Waals surface area contributed by atoms with E-state index in [-0.39, 0.29) is 5.91 Å². The van der Waals surface area contributed by atoms with Crippen molar-refractivity contribution in [2.45, 2.75) is 39.3 Å². The number of ether oxygens (including phenoxy) is 1. The van der Waals surface area contributed by atoms with Gasteiger partial charge in [0.25, 0.3) is 5.91 Å². The van der Waals surface area contributed by atoms with Crippen LogP contribution >= 0.6 is 11.3 Å². The number of carbonyl (C=O) groups excluding carboxylic acids is 1. The van der Waals surface area contributed by atoms with Crippen molar-refractivity contribution < 1.29 is 9.53 Å². The third-order valence-corrected chi connectivity index (χ3v) is 6.75. The minimum absolute atomic E-state index is 0.143. The van der Waals surface area contributed by atoms with Crippen LogP contribution in [0.4, 0.5) is 5.13 Å². The molecular formula is C25H25N3O2S. The molecule has 5 nitrogen and oxygen atoms in total. The number of fused-ring (bicyclic) bond motifs is 1. The number of hydrogen-bond donors (Lipinski definition) is 1. The van der Waals surface area contributed by atoms with Crippen LogP contribution in [0.2, 0.25) is 0 Å². The number of anilines is 1. The first-order valence-electron chi connectivity index (χ1n) is 10.6. The van der Waals surface area contributed by atoms with Crippen LogP contribution in [0.3, 0.4) is 0 Å². The van der Waals surface area contributed by atoms with Crippen molar-refractivity contribution in [1.82, 2.24) is 9.55 Å². The van der Waals surface area contributed by atoms with Crippen molar-refractivity contribution >= 4 is 33.1 Å². The third-order valence-electron chi connectivity index (χ3n) is 6.00. The number of thiazole rings is 1. The van der Waals surface area contributed by atoms with Gasteiger partial charge in [0.2, 0.25) is 0 Å². The van der Waals surface area contributed by atoms with E-state index in [9.17, 15) is 4.79 Å². The SMILES string of the molecule is Cc1cc(-c2csc(NC(=O)c3ccc4ccccc4c3)n2)c(C)n1C[C@H]1CCCO1. The number of aryl methyl sites for hydroxylation is 1. The number of amides is 1. The lowest BCUT2D eigenvalue weighted by Gasteiger charge is -2.14. The van der Waals surface area contributed by atoms with Crippen molar-refractivity contribution in [2.75, 3.05) is 11.9 Å². The largest absolute Gasteiger partial charge is 0.376 e. The fraction of sp³-hybridized carbons (Fsp3) is 0.280. The van der Waals surface area contributed by atoms with E-state index in [0.717, 1.165) is 48.0 Å². The number of benzene rings is 2. The molecule has 0 bridgehead atoms. The van der Waals surface area contributed by atoms with Gasteiger partial charge in [0.15, 0.2) is 5.13 Å². The number of rotatable bonds is 5. The molecule has 3 heterocycles. The van der Waals surface area contributed by atoms with E-state index < -0.39 is 0 Å². The maximum absolute atomic E-state index is 12.8. The van der Waals surface area contributed by atoms with E-state index in [1.807, 2.05) is 47.8 Å². The van der Waals surface area contributed by atoms with E-state index >= 15 is 0 Å². The first kappa shape index (κ1) is 20.0. The molecule has 1 fully saturated rings. The molecule has 31 heavy (non-hydrogen) atoms. The predicted octanol–water partition coefficient (Wildman–Crippen LogP) is 5.81. The van der Waals surface area contributed by atoms with Gasteiger partial charge in [0.05, 0.1) is 11.8 Å². The normalized spacial score (nSPS) is 16.1. The summed E-state index contributed by atoms with van der Waals surface area (Å²) in [4.78, 5) is 17.5. The van der Waals surface area contributed by atoms with Crippen molar-refractivity contribution in [3.05, 3.63) is 70.9 Å². The minimum atomic E-state index is -0.143. The van der Waals surface area contributed by atoms with E-state index in [4.69, 9.17) is 9.72 Å². The second kappa shape index (κ2) is 8.29. The summed E-state index contributed by atoms with van der Waals surface area (Å²) in [6.45, 7) is 6.00. The van der Waals surface area contributed by atoms with Crippen LogP contribution < -0.4 is 5.32 Å². The van der Waals surface area contributed by atoms with Crippen molar-refractivity contribution in [3.63, 3.8) is 0 Å². The van der Waals surface area contributed by atoms with Gasteiger partial charge >= 0.3 is 0 Å². The smallest absolute Gasteiger partial charge is 0.257 e. The van der Waals surface area contributed by atoms with Crippen LogP contribution in [0.1, 0.15) is 34.6 Å². The number of aromatic nitrogens is 2. The second-order valence-electron chi connectivity index (χ2n) is 8.08. The van der Waals surface area contributed by atoms with Crippen LogP contribution in [0.15, 0.2) is 53.9 Å². The lowest BCUT2D eigenvalue weighted by Crippen LogP contribution is -2.16. The Kier molecular flexibility index (Phi) is 5.34. The second-order valence-corrected chi connectivity index (χ2v) is 8.94. The van der Waals surface area contributed by atoms with E-state index in [2.05, 4.69) is 29.8 Å². The highest BCUT2D eigenvalue weighted by Gasteiger charge is 2.20. The fourth-order valence-corrected chi connectivity index (χ4v) is 4.99. The predicted molar refractivity (Wildman–Crippen MR) is 126 cm³/mol. The van der Waals surface area contributed by atoms with Gasteiger partial charge in [-0.3, -0.25) is 10.1 Å². The highest BCUT2D eigenvalue weighted by atomic mass is 32.1. The van der Waals surface area contributed by atoms with Crippen LogP contribution in [0.5, 0.6) is 0 Å². The number of nitrogens with one attached hydrogen (secondary N) is 1. The molecule has 0 unspecified atom stereocenters. The topological polar surface area (TPSA) is 56.2 Å². The Balaban J connectivity index is 1.34. The molecule has 0 spiro atoms. The van der Waals surface area contributed by atoms with Crippen LogP contribution in [0, 0.1) is 13.8 Å². The van der Waals surface area contributed by atoms with Crippen LogP contribution in [0.25, 0.3) is 22.0 Å². The molecule has 4 aromatic rings. The van der Waals surface area contributed by atoms with Gasteiger partial charge in [-0.25, -0.2) is 4.98 Å². The molecule has 1 saturated heterocycles. The lowest BCUT2D eigenvalue weighted by atomic mass is 10.1. The highest BCUT2D eigenvalue weighted by molar-refractivity contribution is 7.14. The van der Waals surface area contributed by atoms with Gasteiger partial charge in [-0.15, -0.1) is 11.3 Å².